The van der Waals surface area contributed by atoms with Gasteiger partial charge in [0, 0.05) is 11.8 Å². The SMILES string of the molecule is CC(C(N)=O)C(CCC(C(=O)O)C(C)C(N)=O)C(=O)O. The molecule has 6 N–H and O–H groups in total. The van der Waals surface area contributed by atoms with Crippen molar-refractivity contribution in [3.63, 3.8) is 0 Å². The normalized spacial score (nSPS) is 16.7. The number of nitrogens with two attached hydrogens (primary N) is 2. The second-order valence-corrected chi connectivity index (χ2v) is 4.85. The van der Waals surface area contributed by atoms with Crippen LogP contribution in [0.1, 0.15) is 26.7 Å². The molecule has 8 nitrogen and oxygen atoms in total. The number of amides is 2. The van der Waals surface area contributed by atoms with E-state index < -0.39 is 47.4 Å². The summed E-state index contributed by atoms with van der Waals surface area (Å²) in [6.45, 7) is 2.74. The van der Waals surface area contributed by atoms with E-state index in [0.717, 1.165) is 0 Å². The van der Waals surface area contributed by atoms with Crippen molar-refractivity contribution in [2.24, 2.45) is 35.1 Å². The van der Waals surface area contributed by atoms with Gasteiger partial charge in [0.05, 0.1) is 11.8 Å². The Bertz CT molecular complexity index is 371. The average molecular weight is 288 g/mol. The van der Waals surface area contributed by atoms with Crippen molar-refractivity contribution >= 4 is 23.8 Å². The first-order valence-electron chi connectivity index (χ1n) is 6.13. The highest BCUT2D eigenvalue weighted by molar-refractivity contribution is 5.84. The Morgan fingerprint density at radius 1 is 0.800 bits per heavy atom. The highest BCUT2D eigenvalue weighted by Crippen LogP contribution is 2.25. The molecule has 0 aliphatic heterocycles. The minimum atomic E-state index is -1.23. The van der Waals surface area contributed by atoms with Crippen LogP contribution in [0.15, 0.2) is 0 Å². The van der Waals surface area contributed by atoms with Crippen LogP contribution in [-0.2, 0) is 19.2 Å². The molecule has 0 aliphatic carbocycles. The first kappa shape index (κ1) is 17.9. The first-order chi connectivity index (χ1) is 9.09. The summed E-state index contributed by atoms with van der Waals surface area (Å²) in [6.07, 6.45) is -0.151. The van der Waals surface area contributed by atoms with Crippen LogP contribution in [-0.4, -0.2) is 34.0 Å². The molecule has 0 aromatic rings. The molecule has 0 radical (unpaired) electrons. The van der Waals surface area contributed by atoms with E-state index in [1.807, 2.05) is 0 Å². The first-order valence-corrected chi connectivity index (χ1v) is 6.13. The van der Waals surface area contributed by atoms with Crippen LogP contribution in [0.4, 0.5) is 0 Å². The Balaban J connectivity index is 4.89. The molecule has 0 bridgehead atoms. The van der Waals surface area contributed by atoms with Gasteiger partial charge in [0.15, 0.2) is 0 Å². The number of carbonyl (C=O) groups excluding carboxylic acids is 2. The van der Waals surface area contributed by atoms with Gasteiger partial charge < -0.3 is 21.7 Å². The molecule has 4 unspecified atom stereocenters. The Morgan fingerprint density at radius 3 is 1.20 bits per heavy atom. The van der Waals surface area contributed by atoms with E-state index in [9.17, 15) is 19.2 Å². The summed E-state index contributed by atoms with van der Waals surface area (Å²) >= 11 is 0. The molecule has 2 amide bonds. The van der Waals surface area contributed by atoms with Crippen LogP contribution >= 0.6 is 0 Å². The molecule has 0 aromatic heterocycles. The van der Waals surface area contributed by atoms with Gasteiger partial charge in [0.2, 0.25) is 11.8 Å². The fourth-order valence-electron chi connectivity index (χ4n) is 1.93. The molecule has 114 valence electrons. The molecule has 20 heavy (non-hydrogen) atoms. The van der Waals surface area contributed by atoms with E-state index in [-0.39, 0.29) is 12.8 Å². The Hall–Kier alpha value is -2.12. The molecule has 0 aromatic carbocycles. The lowest BCUT2D eigenvalue weighted by molar-refractivity contribution is -0.149. The standard InChI is InChI=1S/C12H20N2O6/c1-5(9(13)15)7(11(17)18)3-4-8(12(19)20)6(2)10(14)16/h5-8H,3-4H2,1-2H3,(H2,13,15)(H2,14,16)(H,17,18)(H,19,20). The third-order valence-electron chi connectivity index (χ3n) is 3.53. The van der Waals surface area contributed by atoms with Gasteiger partial charge in [-0.15, -0.1) is 0 Å². The maximum atomic E-state index is 11.1. The zero-order valence-corrected chi connectivity index (χ0v) is 11.4. The number of hydrogen-bond donors (Lipinski definition) is 4. The summed E-state index contributed by atoms with van der Waals surface area (Å²) in [5, 5.41) is 18.1. The van der Waals surface area contributed by atoms with Crippen molar-refractivity contribution in [1.82, 2.24) is 0 Å². The van der Waals surface area contributed by atoms with E-state index in [1.54, 1.807) is 0 Å². The van der Waals surface area contributed by atoms with Crippen LogP contribution in [0.3, 0.4) is 0 Å². The number of carboxylic acids is 2. The van der Waals surface area contributed by atoms with Gasteiger partial charge in [-0.05, 0) is 12.8 Å². The monoisotopic (exact) mass is 288 g/mol. The molecular formula is C12H20N2O6. The lowest BCUT2D eigenvalue weighted by Crippen LogP contribution is -2.35. The summed E-state index contributed by atoms with van der Waals surface area (Å²) in [5.41, 5.74) is 10.1. The number of hydrogen-bond acceptors (Lipinski definition) is 4. The van der Waals surface area contributed by atoms with E-state index in [0.29, 0.717) is 0 Å². The van der Waals surface area contributed by atoms with Gasteiger partial charge in [-0.3, -0.25) is 19.2 Å². The minimum Gasteiger partial charge on any atom is -0.481 e. The van der Waals surface area contributed by atoms with Crippen molar-refractivity contribution < 1.29 is 29.4 Å². The lowest BCUT2D eigenvalue weighted by atomic mass is 9.82. The van der Waals surface area contributed by atoms with Gasteiger partial charge in [0.25, 0.3) is 0 Å². The summed E-state index contributed by atoms with van der Waals surface area (Å²) in [7, 11) is 0. The summed E-state index contributed by atoms with van der Waals surface area (Å²) in [4.78, 5) is 44.2. The van der Waals surface area contributed by atoms with E-state index in [1.165, 1.54) is 13.8 Å². The predicted octanol–water partition coefficient (Wildman–Crippen LogP) is -0.589. The predicted molar refractivity (Wildman–Crippen MR) is 68.2 cm³/mol. The maximum Gasteiger partial charge on any atom is 0.307 e. The highest BCUT2D eigenvalue weighted by Gasteiger charge is 2.33. The number of carboxylic acid groups (broad SMARTS) is 2. The lowest BCUT2D eigenvalue weighted by Gasteiger charge is -2.21. The molecule has 0 saturated heterocycles. The van der Waals surface area contributed by atoms with E-state index in [2.05, 4.69) is 0 Å². The number of aliphatic carboxylic acids is 2. The zero-order chi connectivity index (χ0) is 16.0. The molecular weight excluding hydrogens is 268 g/mol. The third kappa shape index (κ3) is 4.87. The highest BCUT2D eigenvalue weighted by atomic mass is 16.4. The van der Waals surface area contributed by atoms with E-state index in [4.69, 9.17) is 21.7 Å². The maximum absolute atomic E-state index is 11.1. The van der Waals surface area contributed by atoms with Gasteiger partial charge in [-0.1, -0.05) is 13.8 Å². The Morgan fingerprint density at radius 2 is 1.05 bits per heavy atom. The topological polar surface area (TPSA) is 161 Å². The molecule has 0 spiro atoms. The fraction of sp³-hybridized carbons (Fsp3) is 0.667. The molecule has 8 heteroatoms. The van der Waals surface area contributed by atoms with E-state index >= 15 is 0 Å². The van der Waals surface area contributed by atoms with Crippen LogP contribution < -0.4 is 11.5 Å². The fourth-order valence-corrected chi connectivity index (χ4v) is 1.93. The average Bonchev–Trinajstić information content (AvgIpc) is 2.31. The number of primary amides is 2. The number of carbonyl (C=O) groups is 4. The molecule has 0 saturated carbocycles. The van der Waals surface area contributed by atoms with Gasteiger partial charge in [-0.25, -0.2) is 0 Å². The van der Waals surface area contributed by atoms with Gasteiger partial charge >= 0.3 is 11.9 Å². The Kier molecular flexibility index (Phi) is 6.67. The van der Waals surface area contributed by atoms with Crippen LogP contribution in [0.25, 0.3) is 0 Å². The number of rotatable bonds is 9. The summed E-state index contributed by atoms with van der Waals surface area (Å²) < 4.78 is 0. The van der Waals surface area contributed by atoms with Crippen LogP contribution in [0.2, 0.25) is 0 Å². The zero-order valence-electron chi connectivity index (χ0n) is 11.4. The molecule has 0 rings (SSSR count). The van der Waals surface area contributed by atoms with Crippen molar-refractivity contribution in [1.29, 1.82) is 0 Å². The summed E-state index contributed by atoms with van der Waals surface area (Å²) in [5.74, 6) is -8.03. The molecule has 0 fully saturated rings. The smallest absolute Gasteiger partial charge is 0.307 e. The quantitative estimate of drug-likeness (QED) is 0.443. The molecule has 4 atom stereocenters. The second-order valence-electron chi connectivity index (χ2n) is 4.85. The molecule has 0 aliphatic rings. The van der Waals surface area contributed by atoms with Crippen molar-refractivity contribution in [3.05, 3.63) is 0 Å². The Labute approximate surface area is 116 Å². The largest absolute Gasteiger partial charge is 0.481 e. The summed E-state index contributed by atoms with van der Waals surface area (Å²) in [6, 6.07) is 0. The van der Waals surface area contributed by atoms with Crippen LogP contribution in [0, 0.1) is 23.7 Å². The third-order valence-corrected chi connectivity index (χ3v) is 3.53. The van der Waals surface area contributed by atoms with Gasteiger partial charge in [-0.2, -0.15) is 0 Å². The second kappa shape index (κ2) is 7.46. The van der Waals surface area contributed by atoms with Gasteiger partial charge in [0.1, 0.15) is 0 Å². The van der Waals surface area contributed by atoms with Crippen molar-refractivity contribution in [2.75, 3.05) is 0 Å². The van der Waals surface area contributed by atoms with Crippen molar-refractivity contribution in [2.45, 2.75) is 26.7 Å². The van der Waals surface area contributed by atoms with Crippen LogP contribution in [0.5, 0.6) is 0 Å². The van der Waals surface area contributed by atoms with Crippen molar-refractivity contribution in [3.8, 4) is 0 Å². The minimum absolute atomic E-state index is 0.0754. The molecule has 0 heterocycles.